The van der Waals surface area contributed by atoms with E-state index in [1.165, 1.54) is 12.1 Å². The van der Waals surface area contributed by atoms with E-state index >= 15 is 0 Å². The summed E-state index contributed by atoms with van der Waals surface area (Å²) in [5.74, 6) is -2.16. The average Bonchev–Trinajstić information content (AvgIpc) is 3.36. The number of nitrogens with zero attached hydrogens (tertiary/aromatic N) is 5. The average molecular weight is 520 g/mol. The minimum absolute atomic E-state index is 0.0700. The van der Waals surface area contributed by atoms with Crippen molar-refractivity contribution in [3.8, 4) is 22.6 Å². The molecule has 6 rings (SSSR count). The zero-order valence-electron chi connectivity index (χ0n) is 20.0. The Labute approximate surface area is 215 Å². The first kappa shape index (κ1) is 24.1. The molecule has 0 unspecified atom stereocenters. The van der Waals surface area contributed by atoms with Gasteiger partial charge in [0.1, 0.15) is 23.3 Å². The summed E-state index contributed by atoms with van der Waals surface area (Å²) in [5.41, 5.74) is 3.10. The number of halogens is 4. The highest BCUT2D eigenvalue weighted by Gasteiger charge is 2.21. The van der Waals surface area contributed by atoms with E-state index in [-0.39, 0.29) is 11.5 Å². The molecule has 1 aliphatic rings. The highest BCUT2D eigenvalue weighted by molar-refractivity contribution is 5.94. The number of hydrogen-bond donors (Lipinski definition) is 0. The zero-order chi connectivity index (χ0) is 26.2. The van der Waals surface area contributed by atoms with Gasteiger partial charge in [0, 0.05) is 61.1 Å². The van der Waals surface area contributed by atoms with Crippen molar-refractivity contribution in [1.29, 1.82) is 0 Å². The smallest absolute Gasteiger partial charge is 0.258 e. The number of rotatable bonds is 5. The number of fused-ring (bicyclic) bond motifs is 1. The minimum Gasteiger partial charge on any atom is -0.368 e. The monoisotopic (exact) mass is 519 g/mol. The number of hydrogen-bond acceptors (Lipinski definition) is 6. The van der Waals surface area contributed by atoms with Gasteiger partial charge in [-0.15, -0.1) is 0 Å². The van der Waals surface area contributed by atoms with Crippen LogP contribution in [0.15, 0.2) is 71.4 Å². The number of pyridine rings is 1. The van der Waals surface area contributed by atoms with Gasteiger partial charge in [0.05, 0.1) is 12.1 Å². The molecule has 0 radical (unpaired) electrons. The Morgan fingerprint density at radius 1 is 0.711 bits per heavy atom. The molecule has 0 atom stereocenters. The molecule has 6 nitrogen and oxygen atoms in total. The lowest BCUT2D eigenvalue weighted by Gasteiger charge is -2.36. The Morgan fingerprint density at radius 3 is 2.05 bits per heavy atom. The largest absolute Gasteiger partial charge is 0.368 e. The molecule has 0 amide bonds. The number of anilines is 1. The van der Waals surface area contributed by atoms with Crippen molar-refractivity contribution in [2.24, 2.45) is 0 Å². The van der Waals surface area contributed by atoms with Gasteiger partial charge in [0.25, 0.3) is 5.89 Å². The molecule has 0 spiro atoms. The van der Waals surface area contributed by atoms with Gasteiger partial charge < -0.3 is 9.42 Å². The molecule has 2 aromatic heterocycles. The first-order chi connectivity index (χ1) is 18.4. The normalized spacial score (nSPS) is 14.4. The highest BCUT2D eigenvalue weighted by Crippen LogP contribution is 2.31. The fraction of sp³-hybridized carbons (Fsp3) is 0.179. The van der Waals surface area contributed by atoms with Crippen molar-refractivity contribution in [2.75, 3.05) is 31.1 Å². The summed E-state index contributed by atoms with van der Waals surface area (Å²) in [6.07, 6.45) is 1.73. The van der Waals surface area contributed by atoms with Crippen molar-refractivity contribution in [3.63, 3.8) is 0 Å². The Kier molecular flexibility index (Phi) is 6.24. The van der Waals surface area contributed by atoms with Crippen LogP contribution in [0.3, 0.4) is 0 Å². The lowest BCUT2D eigenvalue weighted by Crippen LogP contribution is -2.46. The van der Waals surface area contributed by atoms with Crippen LogP contribution >= 0.6 is 0 Å². The van der Waals surface area contributed by atoms with Gasteiger partial charge in [-0.25, -0.2) is 17.6 Å². The molecule has 5 aromatic rings. The van der Waals surface area contributed by atoms with Crippen molar-refractivity contribution in [1.82, 2.24) is 20.0 Å². The summed E-state index contributed by atoms with van der Waals surface area (Å²) in [5, 5.41) is 4.92. The minimum atomic E-state index is -0.710. The summed E-state index contributed by atoms with van der Waals surface area (Å²) < 4.78 is 59.7. The van der Waals surface area contributed by atoms with E-state index in [1.54, 1.807) is 6.20 Å². The first-order valence-corrected chi connectivity index (χ1v) is 12.0. The second-order valence-corrected chi connectivity index (χ2v) is 9.16. The Morgan fingerprint density at radius 2 is 1.37 bits per heavy atom. The Bertz CT molecular complexity index is 1590. The Balaban J connectivity index is 1.14. The summed E-state index contributed by atoms with van der Waals surface area (Å²) in [4.78, 5) is 13.2. The topological polar surface area (TPSA) is 58.3 Å². The van der Waals surface area contributed by atoms with Crippen molar-refractivity contribution in [3.05, 3.63) is 96.0 Å². The second kappa shape index (κ2) is 9.86. The van der Waals surface area contributed by atoms with Crippen LogP contribution in [-0.4, -0.2) is 46.2 Å². The third-order valence-corrected chi connectivity index (χ3v) is 6.57. The molecular formula is C28H21F4N5O. The molecule has 3 heterocycles. The number of aromatic nitrogens is 3. The molecule has 1 saturated heterocycles. The number of piperazine rings is 1. The van der Waals surface area contributed by atoms with Crippen LogP contribution in [-0.2, 0) is 6.54 Å². The lowest BCUT2D eigenvalue weighted by molar-refractivity contribution is 0.240. The van der Waals surface area contributed by atoms with E-state index in [9.17, 15) is 17.6 Å². The summed E-state index contributed by atoms with van der Waals surface area (Å²) >= 11 is 0. The molecule has 0 saturated carbocycles. The van der Waals surface area contributed by atoms with Gasteiger partial charge in [0.15, 0.2) is 5.82 Å². The van der Waals surface area contributed by atoms with E-state index in [0.29, 0.717) is 23.5 Å². The van der Waals surface area contributed by atoms with Crippen molar-refractivity contribution < 1.29 is 22.1 Å². The van der Waals surface area contributed by atoms with Crippen LogP contribution in [0.5, 0.6) is 0 Å². The highest BCUT2D eigenvalue weighted by atomic mass is 19.1. The third-order valence-electron chi connectivity index (χ3n) is 6.57. The van der Waals surface area contributed by atoms with Gasteiger partial charge >= 0.3 is 0 Å². The summed E-state index contributed by atoms with van der Waals surface area (Å²) in [6, 6.07) is 14.1. The van der Waals surface area contributed by atoms with Crippen LogP contribution in [0, 0.1) is 23.3 Å². The van der Waals surface area contributed by atoms with Gasteiger partial charge in [-0.1, -0.05) is 17.3 Å². The van der Waals surface area contributed by atoms with Gasteiger partial charge in [-0.05, 0) is 47.5 Å². The van der Waals surface area contributed by atoms with E-state index < -0.39 is 23.3 Å². The lowest BCUT2D eigenvalue weighted by atomic mass is 10.0. The summed E-state index contributed by atoms with van der Waals surface area (Å²) in [7, 11) is 0. The Hall–Kier alpha value is -4.31. The van der Waals surface area contributed by atoms with Gasteiger partial charge in [0.2, 0.25) is 0 Å². The molecule has 0 aliphatic carbocycles. The molecule has 1 aliphatic heterocycles. The zero-order valence-corrected chi connectivity index (χ0v) is 20.0. The molecule has 38 heavy (non-hydrogen) atoms. The number of benzene rings is 3. The maximum absolute atomic E-state index is 13.7. The fourth-order valence-corrected chi connectivity index (χ4v) is 4.77. The van der Waals surface area contributed by atoms with Crippen LogP contribution in [0.25, 0.3) is 33.5 Å². The third kappa shape index (κ3) is 4.95. The van der Waals surface area contributed by atoms with Gasteiger partial charge in [-0.2, -0.15) is 4.98 Å². The summed E-state index contributed by atoms with van der Waals surface area (Å²) in [6.45, 7) is 3.41. The molecule has 1 fully saturated rings. The molecule has 0 N–H and O–H groups in total. The van der Waals surface area contributed by atoms with E-state index in [1.807, 2.05) is 24.3 Å². The van der Waals surface area contributed by atoms with Crippen LogP contribution in [0.1, 0.15) is 5.82 Å². The fourth-order valence-electron chi connectivity index (χ4n) is 4.77. The predicted octanol–water partition coefficient (Wildman–Crippen LogP) is 5.83. The molecular weight excluding hydrogens is 498 g/mol. The maximum Gasteiger partial charge on any atom is 0.258 e. The standard InChI is InChI=1S/C28H21F4N5O/c29-20-9-18(10-21(30)14-20)17-1-2-24-25(13-17)33-4-3-26(24)37-7-5-36(6-8-37)16-27-34-28(38-35-27)19-11-22(31)15-23(32)12-19/h1-4,9-15H,5-8,16H2. The van der Waals surface area contributed by atoms with E-state index in [0.717, 1.165) is 67.0 Å². The van der Waals surface area contributed by atoms with Crippen LogP contribution < -0.4 is 4.90 Å². The quantitative estimate of drug-likeness (QED) is 0.273. The molecule has 10 heteroatoms. The predicted molar refractivity (Wildman–Crippen MR) is 134 cm³/mol. The molecule has 192 valence electrons. The van der Waals surface area contributed by atoms with E-state index in [2.05, 4.69) is 24.9 Å². The van der Waals surface area contributed by atoms with Crippen molar-refractivity contribution in [2.45, 2.75) is 6.54 Å². The van der Waals surface area contributed by atoms with Crippen LogP contribution in [0.4, 0.5) is 23.2 Å². The molecule has 0 bridgehead atoms. The molecule has 3 aromatic carbocycles. The SMILES string of the molecule is Fc1cc(F)cc(-c2ccc3c(N4CCN(Cc5noc(-c6cc(F)cc(F)c6)n5)CC4)ccnc3c2)c1. The second-order valence-electron chi connectivity index (χ2n) is 9.16. The van der Waals surface area contributed by atoms with E-state index in [4.69, 9.17) is 4.52 Å². The van der Waals surface area contributed by atoms with Crippen LogP contribution in [0.2, 0.25) is 0 Å². The van der Waals surface area contributed by atoms with Gasteiger partial charge in [-0.3, -0.25) is 9.88 Å². The maximum atomic E-state index is 13.7. The first-order valence-electron chi connectivity index (χ1n) is 12.0. The van der Waals surface area contributed by atoms with Crippen molar-refractivity contribution >= 4 is 16.6 Å².